The van der Waals surface area contributed by atoms with Gasteiger partial charge in [-0.15, -0.1) is 0 Å². The lowest BCUT2D eigenvalue weighted by atomic mass is 10.1. The van der Waals surface area contributed by atoms with E-state index in [9.17, 15) is 9.90 Å². The Balaban J connectivity index is 1.89. The van der Waals surface area contributed by atoms with Crippen molar-refractivity contribution in [2.45, 2.75) is 39.3 Å². The zero-order valence-electron chi connectivity index (χ0n) is 16.8. The molecule has 0 fully saturated rings. The lowest BCUT2D eigenvalue weighted by Gasteiger charge is -2.24. The Bertz CT molecular complexity index is 1120. The predicted molar refractivity (Wildman–Crippen MR) is 115 cm³/mol. The maximum atomic E-state index is 12.3. The standard InChI is InChI=1S/C21H23N5O2S/c1-5-13(3)26(4)21(28)16(27)9-8-14-7-6-12(2)15(10-14)19-25-17-18(22)23-11-24-20(17)29-19/h6-7,10-11,13,16,27H,5H2,1-4H3,(H2,22,23,24)/t13-,16-/m1/s1. The molecule has 0 bridgehead atoms. The number of nitrogens with two attached hydrogens (primary N) is 1. The van der Waals surface area contributed by atoms with Crippen LogP contribution in [0.5, 0.6) is 0 Å². The van der Waals surface area contributed by atoms with Gasteiger partial charge in [-0.3, -0.25) is 4.79 Å². The van der Waals surface area contributed by atoms with Crippen LogP contribution >= 0.6 is 11.3 Å². The summed E-state index contributed by atoms with van der Waals surface area (Å²) in [4.78, 5) is 27.3. The van der Waals surface area contributed by atoms with Gasteiger partial charge in [0.1, 0.15) is 21.7 Å². The summed E-state index contributed by atoms with van der Waals surface area (Å²) in [6, 6.07) is 5.71. The molecular formula is C21H23N5O2S. The van der Waals surface area contributed by atoms with E-state index in [0.29, 0.717) is 16.9 Å². The van der Waals surface area contributed by atoms with Gasteiger partial charge in [-0.1, -0.05) is 36.2 Å². The summed E-state index contributed by atoms with van der Waals surface area (Å²) in [7, 11) is 1.67. The van der Waals surface area contributed by atoms with E-state index < -0.39 is 12.0 Å². The number of likely N-dealkylation sites (N-methyl/N-ethyl adjacent to an activating group) is 1. The average Bonchev–Trinajstić information content (AvgIpc) is 3.16. The summed E-state index contributed by atoms with van der Waals surface area (Å²) >= 11 is 1.43. The average molecular weight is 410 g/mol. The van der Waals surface area contributed by atoms with Crippen LogP contribution in [0.15, 0.2) is 24.5 Å². The number of hydrogen-bond donors (Lipinski definition) is 2. The molecule has 29 heavy (non-hydrogen) atoms. The highest BCUT2D eigenvalue weighted by Gasteiger charge is 2.20. The Morgan fingerprint density at radius 1 is 1.38 bits per heavy atom. The van der Waals surface area contributed by atoms with Crippen LogP contribution in [0.1, 0.15) is 31.4 Å². The van der Waals surface area contributed by atoms with Gasteiger partial charge in [0.05, 0.1) is 0 Å². The number of thiazole rings is 1. The summed E-state index contributed by atoms with van der Waals surface area (Å²) in [6.45, 7) is 5.90. The molecule has 0 aliphatic rings. The number of amides is 1. The molecule has 3 rings (SSSR count). The van der Waals surface area contributed by atoms with Crippen molar-refractivity contribution < 1.29 is 9.90 Å². The minimum atomic E-state index is -1.36. The van der Waals surface area contributed by atoms with Gasteiger partial charge >= 0.3 is 0 Å². The SMILES string of the molecule is CC[C@@H](C)N(C)C(=O)[C@H](O)C#Cc1ccc(C)c(-c2nc3c(N)ncnc3s2)c1. The minimum Gasteiger partial charge on any atom is -0.382 e. The van der Waals surface area contributed by atoms with Gasteiger partial charge < -0.3 is 15.7 Å². The quantitative estimate of drug-likeness (QED) is 0.642. The largest absolute Gasteiger partial charge is 0.382 e. The van der Waals surface area contributed by atoms with Crippen LogP contribution in [-0.2, 0) is 4.79 Å². The molecule has 0 unspecified atom stereocenters. The fourth-order valence-electron chi connectivity index (χ4n) is 2.71. The third-order valence-electron chi connectivity index (χ3n) is 4.88. The molecule has 2 aromatic heterocycles. The molecule has 0 aliphatic heterocycles. The van der Waals surface area contributed by atoms with E-state index in [-0.39, 0.29) is 6.04 Å². The van der Waals surface area contributed by atoms with E-state index in [1.165, 1.54) is 22.6 Å². The number of benzene rings is 1. The van der Waals surface area contributed by atoms with Crippen LogP contribution < -0.4 is 5.73 Å². The zero-order chi connectivity index (χ0) is 21.1. The second-order valence-electron chi connectivity index (χ2n) is 6.84. The number of aliphatic hydroxyl groups excluding tert-OH is 1. The molecule has 3 N–H and O–H groups in total. The van der Waals surface area contributed by atoms with Crippen LogP contribution in [0.2, 0.25) is 0 Å². The molecule has 150 valence electrons. The van der Waals surface area contributed by atoms with Crippen LogP contribution in [-0.4, -0.2) is 50.1 Å². The summed E-state index contributed by atoms with van der Waals surface area (Å²) in [6.07, 6.45) is 0.862. The van der Waals surface area contributed by atoms with E-state index in [4.69, 9.17) is 5.73 Å². The first-order valence-corrected chi connectivity index (χ1v) is 10.1. The van der Waals surface area contributed by atoms with E-state index in [0.717, 1.165) is 27.4 Å². The number of anilines is 1. The van der Waals surface area contributed by atoms with Crippen molar-refractivity contribution in [3.8, 4) is 22.4 Å². The molecule has 0 saturated carbocycles. The Kier molecular flexibility index (Phi) is 6.11. The number of aryl methyl sites for hydroxylation is 1. The number of aliphatic hydroxyl groups is 1. The summed E-state index contributed by atoms with van der Waals surface area (Å²) in [5, 5.41) is 10.9. The Labute approximate surface area is 173 Å². The van der Waals surface area contributed by atoms with E-state index in [1.54, 1.807) is 7.05 Å². The molecule has 1 aromatic carbocycles. The van der Waals surface area contributed by atoms with Crippen molar-refractivity contribution >= 4 is 33.4 Å². The van der Waals surface area contributed by atoms with Crippen LogP contribution in [0.4, 0.5) is 5.82 Å². The molecule has 0 saturated heterocycles. The van der Waals surface area contributed by atoms with Gasteiger partial charge in [0.2, 0.25) is 0 Å². The first kappa shape index (κ1) is 20.7. The number of carbonyl (C=O) groups excluding carboxylic acids is 1. The Morgan fingerprint density at radius 3 is 2.83 bits per heavy atom. The Hall–Kier alpha value is -3.02. The van der Waals surface area contributed by atoms with Crippen molar-refractivity contribution in [3.05, 3.63) is 35.7 Å². The number of nitrogen functional groups attached to an aromatic ring is 1. The molecule has 0 spiro atoms. The fourth-order valence-corrected chi connectivity index (χ4v) is 3.71. The molecule has 0 radical (unpaired) electrons. The van der Waals surface area contributed by atoms with Gasteiger partial charge in [0.15, 0.2) is 11.9 Å². The molecule has 2 heterocycles. The third kappa shape index (κ3) is 4.36. The van der Waals surface area contributed by atoms with Gasteiger partial charge in [-0.25, -0.2) is 15.0 Å². The number of hydrogen-bond acceptors (Lipinski definition) is 7. The summed E-state index contributed by atoms with van der Waals surface area (Å²) < 4.78 is 0. The molecule has 3 aromatic rings. The monoisotopic (exact) mass is 409 g/mol. The fraction of sp³-hybridized carbons (Fsp3) is 0.333. The highest BCUT2D eigenvalue weighted by Crippen LogP contribution is 2.32. The lowest BCUT2D eigenvalue weighted by Crippen LogP contribution is -2.40. The predicted octanol–water partition coefficient (Wildman–Crippen LogP) is 2.61. The minimum absolute atomic E-state index is 0.0412. The first-order valence-electron chi connectivity index (χ1n) is 9.26. The number of aromatic nitrogens is 3. The maximum Gasteiger partial charge on any atom is 0.263 e. The number of rotatable bonds is 4. The van der Waals surface area contributed by atoms with Crippen LogP contribution in [0.3, 0.4) is 0 Å². The van der Waals surface area contributed by atoms with Crippen molar-refractivity contribution in [1.29, 1.82) is 0 Å². The van der Waals surface area contributed by atoms with Crippen LogP contribution in [0, 0.1) is 18.8 Å². The molecule has 1 amide bonds. The highest BCUT2D eigenvalue weighted by atomic mass is 32.1. The van der Waals surface area contributed by atoms with Gasteiger partial charge in [-0.05, 0) is 38.0 Å². The second kappa shape index (κ2) is 8.55. The highest BCUT2D eigenvalue weighted by molar-refractivity contribution is 7.21. The molecule has 7 nitrogen and oxygen atoms in total. The number of nitrogens with zero attached hydrogens (tertiary/aromatic N) is 4. The lowest BCUT2D eigenvalue weighted by molar-refractivity contribution is -0.137. The van der Waals surface area contributed by atoms with Crippen molar-refractivity contribution in [2.75, 3.05) is 12.8 Å². The van der Waals surface area contributed by atoms with Crippen LogP contribution in [0.25, 0.3) is 20.9 Å². The van der Waals surface area contributed by atoms with Crippen molar-refractivity contribution in [2.24, 2.45) is 0 Å². The summed E-state index contributed by atoms with van der Waals surface area (Å²) in [5.74, 6) is 5.49. The number of fused-ring (bicyclic) bond motifs is 1. The second-order valence-corrected chi connectivity index (χ2v) is 7.82. The summed E-state index contributed by atoms with van der Waals surface area (Å²) in [5.41, 5.74) is 9.07. The topological polar surface area (TPSA) is 105 Å². The van der Waals surface area contributed by atoms with E-state index in [1.807, 2.05) is 39.0 Å². The van der Waals surface area contributed by atoms with Gasteiger partial charge in [-0.2, -0.15) is 0 Å². The maximum absolute atomic E-state index is 12.3. The third-order valence-corrected chi connectivity index (χ3v) is 5.88. The number of carbonyl (C=O) groups is 1. The van der Waals surface area contributed by atoms with Crippen molar-refractivity contribution in [3.63, 3.8) is 0 Å². The molecule has 2 atom stereocenters. The normalized spacial score (nSPS) is 12.9. The van der Waals surface area contributed by atoms with E-state index in [2.05, 4.69) is 26.8 Å². The van der Waals surface area contributed by atoms with E-state index >= 15 is 0 Å². The molecular weight excluding hydrogens is 386 g/mol. The Morgan fingerprint density at radius 2 is 2.14 bits per heavy atom. The van der Waals surface area contributed by atoms with Gasteiger partial charge in [0.25, 0.3) is 5.91 Å². The van der Waals surface area contributed by atoms with Crippen molar-refractivity contribution in [1.82, 2.24) is 19.9 Å². The van der Waals surface area contributed by atoms with Gasteiger partial charge in [0, 0.05) is 24.2 Å². The molecule has 8 heteroatoms. The first-order chi connectivity index (χ1) is 13.8. The molecule has 0 aliphatic carbocycles. The zero-order valence-corrected chi connectivity index (χ0v) is 17.6. The smallest absolute Gasteiger partial charge is 0.263 e.